The third kappa shape index (κ3) is 4.56. The number of anilines is 1. The Hall–Kier alpha value is -1.89. The van der Waals surface area contributed by atoms with Gasteiger partial charge in [0.2, 0.25) is 0 Å². The van der Waals surface area contributed by atoms with Crippen LogP contribution in [0, 0.1) is 17.6 Å². The lowest BCUT2D eigenvalue weighted by molar-refractivity contribution is -0.140. The van der Waals surface area contributed by atoms with Gasteiger partial charge in [-0.25, -0.2) is 18.4 Å². The van der Waals surface area contributed by atoms with Gasteiger partial charge in [0.15, 0.2) is 5.82 Å². The molecule has 0 aliphatic carbocycles. The molecule has 0 saturated heterocycles. The van der Waals surface area contributed by atoms with Crippen LogP contribution in [-0.4, -0.2) is 23.1 Å². The lowest BCUT2D eigenvalue weighted by atomic mass is 9.99. The van der Waals surface area contributed by atoms with Crippen LogP contribution in [0.4, 0.5) is 19.3 Å². The van der Waals surface area contributed by atoms with Crippen LogP contribution >= 0.6 is 11.6 Å². The van der Waals surface area contributed by atoms with Crippen molar-refractivity contribution in [1.82, 2.24) is 5.32 Å². The van der Waals surface area contributed by atoms with Crippen LogP contribution in [0.3, 0.4) is 0 Å². The Bertz CT molecular complexity index is 531. The molecule has 5 nitrogen and oxygen atoms in total. The van der Waals surface area contributed by atoms with Crippen LogP contribution in [0.1, 0.15) is 20.3 Å². The minimum atomic E-state index is -1.20. The van der Waals surface area contributed by atoms with Gasteiger partial charge in [0.25, 0.3) is 0 Å². The van der Waals surface area contributed by atoms with E-state index in [1.807, 2.05) is 0 Å². The van der Waals surface area contributed by atoms with Crippen molar-refractivity contribution in [1.29, 1.82) is 0 Å². The molecule has 0 aliphatic rings. The first-order valence-corrected chi connectivity index (χ1v) is 6.58. The second kappa shape index (κ2) is 7.21. The average molecular weight is 321 g/mol. The predicted octanol–water partition coefficient (Wildman–Crippen LogP) is 3.24. The van der Waals surface area contributed by atoms with E-state index in [4.69, 9.17) is 16.7 Å². The van der Waals surface area contributed by atoms with Crippen molar-refractivity contribution in [2.75, 3.05) is 5.32 Å². The molecular formula is C13H15ClF2N2O3. The number of rotatable bonds is 5. The van der Waals surface area contributed by atoms with Crippen molar-refractivity contribution in [3.05, 3.63) is 28.8 Å². The van der Waals surface area contributed by atoms with E-state index in [0.717, 1.165) is 6.07 Å². The van der Waals surface area contributed by atoms with Gasteiger partial charge in [-0.2, -0.15) is 0 Å². The van der Waals surface area contributed by atoms with Gasteiger partial charge >= 0.3 is 12.0 Å². The molecule has 0 radical (unpaired) electrons. The van der Waals surface area contributed by atoms with Crippen LogP contribution < -0.4 is 10.6 Å². The Morgan fingerprint density at radius 1 is 1.38 bits per heavy atom. The number of aliphatic carboxylic acids is 1. The molecule has 0 aromatic heterocycles. The van der Waals surface area contributed by atoms with E-state index in [1.54, 1.807) is 13.8 Å². The van der Waals surface area contributed by atoms with Crippen molar-refractivity contribution in [3.63, 3.8) is 0 Å². The summed E-state index contributed by atoms with van der Waals surface area (Å²) in [7, 11) is 0. The van der Waals surface area contributed by atoms with Gasteiger partial charge in [-0.3, -0.25) is 0 Å². The molecule has 1 aromatic carbocycles. The molecule has 0 heterocycles. The maximum Gasteiger partial charge on any atom is 0.326 e. The molecule has 21 heavy (non-hydrogen) atoms. The summed E-state index contributed by atoms with van der Waals surface area (Å²) >= 11 is 5.63. The fraction of sp³-hybridized carbons (Fsp3) is 0.385. The molecule has 0 bridgehead atoms. The summed E-state index contributed by atoms with van der Waals surface area (Å²) in [4.78, 5) is 22.8. The van der Waals surface area contributed by atoms with E-state index in [-0.39, 0.29) is 10.9 Å². The number of benzene rings is 1. The topological polar surface area (TPSA) is 78.4 Å². The Morgan fingerprint density at radius 2 is 2.00 bits per heavy atom. The molecule has 116 valence electrons. The lowest BCUT2D eigenvalue weighted by Gasteiger charge is -2.20. The van der Waals surface area contributed by atoms with Crippen LogP contribution in [0.25, 0.3) is 0 Å². The molecule has 3 N–H and O–H groups in total. The number of carbonyl (C=O) groups excluding carboxylic acids is 1. The summed E-state index contributed by atoms with van der Waals surface area (Å²) in [5, 5.41) is 13.0. The van der Waals surface area contributed by atoms with Gasteiger partial charge < -0.3 is 15.7 Å². The minimum absolute atomic E-state index is 0.318. The summed E-state index contributed by atoms with van der Waals surface area (Å²) in [5.41, 5.74) is -0.413. The molecule has 0 saturated carbocycles. The molecule has 2 atom stereocenters. The smallest absolute Gasteiger partial charge is 0.326 e. The highest BCUT2D eigenvalue weighted by atomic mass is 35.5. The third-order valence-electron chi connectivity index (χ3n) is 3.01. The van der Waals surface area contributed by atoms with Crippen molar-refractivity contribution < 1.29 is 23.5 Å². The monoisotopic (exact) mass is 320 g/mol. The van der Waals surface area contributed by atoms with Crippen molar-refractivity contribution in [2.24, 2.45) is 5.92 Å². The number of hydrogen-bond donors (Lipinski definition) is 3. The zero-order valence-electron chi connectivity index (χ0n) is 11.4. The normalized spacial score (nSPS) is 13.4. The number of amides is 2. The highest BCUT2D eigenvalue weighted by molar-refractivity contribution is 6.33. The molecule has 0 spiro atoms. The van der Waals surface area contributed by atoms with E-state index < -0.39 is 35.4 Å². The van der Waals surface area contributed by atoms with Crippen molar-refractivity contribution in [2.45, 2.75) is 26.3 Å². The number of carboxylic acid groups (broad SMARTS) is 1. The van der Waals surface area contributed by atoms with Gasteiger partial charge in [-0.05, 0) is 12.0 Å². The molecule has 2 amide bonds. The number of hydrogen-bond acceptors (Lipinski definition) is 2. The average Bonchev–Trinajstić information content (AvgIpc) is 2.39. The second-order valence-electron chi connectivity index (χ2n) is 4.54. The minimum Gasteiger partial charge on any atom is -0.480 e. The fourth-order valence-corrected chi connectivity index (χ4v) is 1.88. The molecular weight excluding hydrogens is 306 g/mol. The SMILES string of the molecule is CCC(C)C(NC(=O)Nc1c(F)cc(F)cc1Cl)C(=O)O. The zero-order valence-corrected chi connectivity index (χ0v) is 12.2. The molecule has 2 unspecified atom stereocenters. The van der Waals surface area contributed by atoms with Gasteiger partial charge in [0.1, 0.15) is 11.9 Å². The number of nitrogens with one attached hydrogen (secondary N) is 2. The fourth-order valence-electron chi connectivity index (χ4n) is 1.64. The Morgan fingerprint density at radius 3 is 2.48 bits per heavy atom. The molecule has 0 fully saturated rings. The highest BCUT2D eigenvalue weighted by Crippen LogP contribution is 2.26. The van der Waals surface area contributed by atoms with Crippen LogP contribution in [0.2, 0.25) is 5.02 Å². The summed E-state index contributed by atoms with van der Waals surface area (Å²) in [6.45, 7) is 3.43. The third-order valence-corrected chi connectivity index (χ3v) is 3.31. The van der Waals surface area contributed by atoms with Crippen LogP contribution in [0.5, 0.6) is 0 Å². The summed E-state index contributed by atoms with van der Waals surface area (Å²) in [6, 6.07) is -0.665. The maximum absolute atomic E-state index is 13.5. The van der Waals surface area contributed by atoms with E-state index in [9.17, 15) is 18.4 Å². The first-order chi connectivity index (χ1) is 9.76. The van der Waals surface area contributed by atoms with Crippen molar-refractivity contribution >= 4 is 29.3 Å². The Labute approximate surface area is 125 Å². The van der Waals surface area contributed by atoms with E-state index in [0.29, 0.717) is 12.5 Å². The number of carboxylic acids is 1. The number of carbonyl (C=O) groups is 2. The zero-order chi connectivity index (χ0) is 16.2. The summed E-state index contributed by atoms with van der Waals surface area (Å²) in [6.07, 6.45) is 0.531. The number of urea groups is 1. The lowest BCUT2D eigenvalue weighted by Crippen LogP contribution is -2.46. The molecule has 1 rings (SSSR count). The Kier molecular flexibility index (Phi) is 5.90. The van der Waals surface area contributed by atoms with Crippen LogP contribution in [0.15, 0.2) is 12.1 Å². The quantitative estimate of drug-likeness (QED) is 0.779. The van der Waals surface area contributed by atoms with Crippen LogP contribution in [-0.2, 0) is 4.79 Å². The summed E-state index contributed by atoms with van der Waals surface area (Å²) in [5.74, 6) is -3.45. The van der Waals surface area contributed by atoms with E-state index in [2.05, 4.69) is 10.6 Å². The van der Waals surface area contributed by atoms with E-state index in [1.165, 1.54) is 0 Å². The van der Waals surface area contributed by atoms with Gasteiger partial charge in [0, 0.05) is 6.07 Å². The molecule has 8 heteroatoms. The van der Waals surface area contributed by atoms with Crippen molar-refractivity contribution in [3.8, 4) is 0 Å². The number of halogens is 3. The molecule has 0 aliphatic heterocycles. The second-order valence-corrected chi connectivity index (χ2v) is 4.95. The summed E-state index contributed by atoms with van der Waals surface area (Å²) < 4.78 is 26.4. The van der Waals surface area contributed by atoms with Gasteiger partial charge in [0.05, 0.1) is 10.7 Å². The first-order valence-electron chi connectivity index (χ1n) is 6.21. The van der Waals surface area contributed by atoms with Gasteiger partial charge in [-0.1, -0.05) is 31.9 Å². The Balaban J connectivity index is 2.84. The highest BCUT2D eigenvalue weighted by Gasteiger charge is 2.26. The van der Waals surface area contributed by atoms with E-state index >= 15 is 0 Å². The van der Waals surface area contributed by atoms with Gasteiger partial charge in [-0.15, -0.1) is 0 Å². The molecule has 1 aromatic rings. The first kappa shape index (κ1) is 17.2. The predicted molar refractivity (Wildman–Crippen MR) is 74.4 cm³/mol. The largest absolute Gasteiger partial charge is 0.480 e. The maximum atomic E-state index is 13.5. The standard InChI is InChI=1S/C13H15ClF2N2O3/c1-3-6(2)10(12(19)20)17-13(21)18-11-8(14)4-7(15)5-9(11)16/h4-6,10H,3H2,1-2H3,(H,19,20)(H2,17,18,21).